The zero-order valence-electron chi connectivity index (χ0n) is 14.4. The molecule has 1 aromatic heterocycles. The molecule has 2 saturated heterocycles. The lowest BCUT2D eigenvalue weighted by Crippen LogP contribution is -2.42. The van der Waals surface area contributed by atoms with E-state index in [1.165, 1.54) is 11.9 Å². The van der Waals surface area contributed by atoms with Crippen molar-refractivity contribution >= 4 is 17.8 Å². The fraction of sp³-hybridized carbons (Fsp3) is 0.688. The molecule has 3 heterocycles. The zero-order valence-corrected chi connectivity index (χ0v) is 14.4. The van der Waals surface area contributed by atoms with Crippen molar-refractivity contribution in [3.05, 3.63) is 11.7 Å². The largest absolute Gasteiger partial charge is 0.340 e. The number of imide groups is 1. The second-order valence-electron chi connectivity index (χ2n) is 7.26. The van der Waals surface area contributed by atoms with E-state index in [4.69, 9.17) is 4.52 Å². The highest BCUT2D eigenvalue weighted by molar-refractivity contribution is 6.03. The molecule has 0 bridgehead atoms. The summed E-state index contributed by atoms with van der Waals surface area (Å²) in [5.41, 5.74) is -0.265. The lowest BCUT2D eigenvalue weighted by molar-refractivity contribution is -0.131. The van der Waals surface area contributed by atoms with E-state index in [1.54, 1.807) is 11.8 Å². The summed E-state index contributed by atoms with van der Waals surface area (Å²) in [6.07, 6.45) is 3.03. The molecule has 0 unspecified atom stereocenters. The van der Waals surface area contributed by atoms with E-state index in [1.807, 2.05) is 0 Å². The van der Waals surface area contributed by atoms with E-state index >= 15 is 0 Å². The molecule has 25 heavy (non-hydrogen) atoms. The maximum absolute atomic E-state index is 12.7. The predicted octanol–water partition coefficient (Wildman–Crippen LogP) is 0.152. The van der Waals surface area contributed by atoms with Gasteiger partial charge in [-0.25, -0.2) is 4.79 Å². The number of hydrogen-bond acceptors (Lipinski definition) is 6. The van der Waals surface area contributed by atoms with Crippen LogP contribution in [-0.4, -0.2) is 75.9 Å². The average molecular weight is 347 g/mol. The summed E-state index contributed by atoms with van der Waals surface area (Å²) in [5, 5.41) is 3.91. The molecule has 2 aliphatic heterocycles. The molecule has 1 aromatic rings. The molecule has 1 aliphatic carbocycles. The molecule has 3 aliphatic rings. The smallest absolute Gasteiger partial charge is 0.327 e. The zero-order chi connectivity index (χ0) is 17.8. The van der Waals surface area contributed by atoms with Crippen LogP contribution in [0.15, 0.2) is 4.52 Å². The molecular weight excluding hydrogens is 326 g/mol. The van der Waals surface area contributed by atoms with Crippen molar-refractivity contribution in [3.8, 4) is 0 Å². The maximum Gasteiger partial charge on any atom is 0.327 e. The number of urea groups is 1. The second kappa shape index (κ2) is 5.53. The first-order valence-electron chi connectivity index (χ1n) is 8.55. The summed E-state index contributed by atoms with van der Waals surface area (Å²) in [5.74, 6) is 1.10. The van der Waals surface area contributed by atoms with E-state index in [-0.39, 0.29) is 30.3 Å². The number of rotatable bonds is 3. The standard InChI is InChI=1S/C16H21N5O4/c1-10-17-14(25-18-10)16-5-3-4-11(16)6-21(9-16)13(23)8-20-7-12(22)19(2)15(20)24/h11H,3-9H2,1-2H3/t11-,16-/m0/s1. The van der Waals surface area contributed by atoms with Crippen molar-refractivity contribution in [3.63, 3.8) is 0 Å². The number of aryl methyl sites for hydroxylation is 1. The Labute approximate surface area is 144 Å². The summed E-state index contributed by atoms with van der Waals surface area (Å²) in [6.45, 7) is 2.85. The number of likely N-dealkylation sites (tertiary alicyclic amines) is 1. The average Bonchev–Trinajstić information content (AvgIpc) is 3.29. The molecule has 0 N–H and O–H groups in total. The summed E-state index contributed by atoms with van der Waals surface area (Å²) >= 11 is 0. The number of carbonyl (C=O) groups excluding carboxylic acids is 3. The van der Waals surface area contributed by atoms with Crippen LogP contribution in [0, 0.1) is 12.8 Å². The van der Waals surface area contributed by atoms with Gasteiger partial charge in [0.15, 0.2) is 5.82 Å². The van der Waals surface area contributed by atoms with E-state index < -0.39 is 6.03 Å². The van der Waals surface area contributed by atoms with Gasteiger partial charge in [-0.3, -0.25) is 14.5 Å². The van der Waals surface area contributed by atoms with Gasteiger partial charge in [-0.15, -0.1) is 0 Å². The minimum atomic E-state index is -0.417. The first-order valence-corrected chi connectivity index (χ1v) is 8.55. The van der Waals surface area contributed by atoms with Crippen LogP contribution >= 0.6 is 0 Å². The van der Waals surface area contributed by atoms with Gasteiger partial charge in [0.05, 0.1) is 5.41 Å². The molecule has 0 aromatic carbocycles. The SMILES string of the molecule is Cc1noc([C@]23CCC[C@H]2CN(C(=O)CN2CC(=O)N(C)C2=O)C3)n1. The van der Waals surface area contributed by atoms with Crippen molar-refractivity contribution in [2.45, 2.75) is 31.6 Å². The molecule has 3 fully saturated rings. The van der Waals surface area contributed by atoms with Crippen molar-refractivity contribution in [2.24, 2.45) is 5.92 Å². The van der Waals surface area contributed by atoms with E-state index in [9.17, 15) is 14.4 Å². The van der Waals surface area contributed by atoms with Crippen LogP contribution in [0.4, 0.5) is 4.79 Å². The molecule has 2 atom stereocenters. The monoisotopic (exact) mass is 347 g/mol. The van der Waals surface area contributed by atoms with Crippen molar-refractivity contribution in [2.75, 3.05) is 33.2 Å². The van der Waals surface area contributed by atoms with Crippen LogP contribution in [0.25, 0.3) is 0 Å². The Morgan fingerprint density at radius 3 is 2.84 bits per heavy atom. The number of carbonyl (C=O) groups is 3. The highest BCUT2D eigenvalue weighted by Crippen LogP contribution is 2.49. The van der Waals surface area contributed by atoms with Gasteiger partial charge in [0.2, 0.25) is 17.7 Å². The second-order valence-corrected chi connectivity index (χ2v) is 7.26. The Balaban J connectivity index is 1.49. The number of aromatic nitrogens is 2. The molecule has 9 nitrogen and oxygen atoms in total. The lowest BCUT2D eigenvalue weighted by Gasteiger charge is -2.25. The fourth-order valence-corrected chi connectivity index (χ4v) is 4.37. The molecule has 9 heteroatoms. The van der Waals surface area contributed by atoms with Gasteiger partial charge in [-0.1, -0.05) is 11.6 Å². The molecule has 4 rings (SSSR count). The van der Waals surface area contributed by atoms with E-state index in [2.05, 4.69) is 10.1 Å². The van der Waals surface area contributed by atoms with Gasteiger partial charge in [0.25, 0.3) is 0 Å². The maximum atomic E-state index is 12.7. The molecular formula is C16H21N5O4. The Kier molecular flexibility index (Phi) is 3.55. The van der Waals surface area contributed by atoms with Crippen LogP contribution < -0.4 is 0 Å². The molecule has 4 amide bonds. The molecule has 134 valence electrons. The highest BCUT2D eigenvalue weighted by atomic mass is 16.5. The third-order valence-electron chi connectivity index (χ3n) is 5.76. The quantitative estimate of drug-likeness (QED) is 0.722. The van der Waals surface area contributed by atoms with Gasteiger partial charge in [0.1, 0.15) is 13.1 Å². The van der Waals surface area contributed by atoms with Crippen LogP contribution in [0.3, 0.4) is 0 Å². The highest BCUT2D eigenvalue weighted by Gasteiger charge is 2.55. The van der Waals surface area contributed by atoms with Gasteiger partial charge >= 0.3 is 6.03 Å². The van der Waals surface area contributed by atoms with Crippen LogP contribution in [-0.2, 0) is 15.0 Å². The van der Waals surface area contributed by atoms with Gasteiger partial charge in [-0.2, -0.15) is 4.98 Å². The van der Waals surface area contributed by atoms with Crippen molar-refractivity contribution < 1.29 is 18.9 Å². The molecule has 1 saturated carbocycles. The van der Waals surface area contributed by atoms with Crippen LogP contribution in [0.1, 0.15) is 31.0 Å². The first kappa shape index (κ1) is 16.0. The first-order chi connectivity index (χ1) is 11.9. The van der Waals surface area contributed by atoms with E-state index in [0.717, 1.165) is 24.2 Å². The summed E-state index contributed by atoms with van der Waals surface area (Å²) < 4.78 is 5.44. The predicted molar refractivity (Wildman–Crippen MR) is 84.4 cm³/mol. The lowest BCUT2D eigenvalue weighted by atomic mass is 9.80. The molecule has 0 spiro atoms. The van der Waals surface area contributed by atoms with Crippen molar-refractivity contribution in [1.82, 2.24) is 24.8 Å². The fourth-order valence-electron chi connectivity index (χ4n) is 4.37. The van der Waals surface area contributed by atoms with Gasteiger partial charge in [0, 0.05) is 20.1 Å². The number of amides is 4. The Morgan fingerprint density at radius 1 is 1.40 bits per heavy atom. The van der Waals surface area contributed by atoms with Crippen LogP contribution in [0.5, 0.6) is 0 Å². The molecule has 0 radical (unpaired) electrons. The summed E-state index contributed by atoms with van der Waals surface area (Å²) in [7, 11) is 1.43. The third-order valence-corrected chi connectivity index (χ3v) is 5.76. The van der Waals surface area contributed by atoms with Crippen LogP contribution in [0.2, 0.25) is 0 Å². The normalized spacial score (nSPS) is 29.0. The Morgan fingerprint density at radius 2 is 2.20 bits per heavy atom. The Bertz CT molecular complexity index is 747. The minimum absolute atomic E-state index is 0.0354. The van der Waals surface area contributed by atoms with Gasteiger partial charge < -0.3 is 14.3 Å². The number of hydrogen-bond donors (Lipinski definition) is 0. The number of nitrogens with zero attached hydrogens (tertiary/aromatic N) is 5. The summed E-state index contributed by atoms with van der Waals surface area (Å²) in [6, 6.07) is -0.417. The number of likely N-dealkylation sites (N-methyl/N-ethyl adjacent to an activating group) is 1. The minimum Gasteiger partial charge on any atom is -0.340 e. The van der Waals surface area contributed by atoms with Gasteiger partial charge in [-0.05, 0) is 25.7 Å². The summed E-state index contributed by atoms with van der Waals surface area (Å²) in [4.78, 5) is 44.8. The topological polar surface area (TPSA) is 99.9 Å². The van der Waals surface area contributed by atoms with Crippen molar-refractivity contribution in [1.29, 1.82) is 0 Å². The number of fused-ring (bicyclic) bond motifs is 1. The third kappa shape index (κ3) is 2.40. The Hall–Kier alpha value is -2.45. The van der Waals surface area contributed by atoms with E-state index in [0.29, 0.717) is 30.7 Å².